The Labute approximate surface area is 140 Å². The summed E-state index contributed by atoms with van der Waals surface area (Å²) in [4.78, 5) is 15.0. The minimum absolute atomic E-state index is 0.0218. The first-order valence-corrected chi connectivity index (χ1v) is 8.74. The largest absolute Gasteiger partial charge is 0.478 e. The third-order valence-corrected chi connectivity index (χ3v) is 6.06. The van der Waals surface area contributed by atoms with Gasteiger partial charge in [-0.3, -0.25) is 0 Å². The molecule has 0 aliphatic heterocycles. The number of sulfone groups is 1. The van der Waals surface area contributed by atoms with E-state index in [2.05, 4.69) is 4.98 Å². The van der Waals surface area contributed by atoms with Gasteiger partial charge in [-0.2, -0.15) is 0 Å². The molecule has 0 spiro atoms. The molecule has 0 saturated heterocycles. The molecule has 0 atom stereocenters. The number of carboxylic acids is 1. The van der Waals surface area contributed by atoms with E-state index in [4.69, 9.17) is 5.11 Å². The predicted octanol–water partition coefficient (Wildman–Crippen LogP) is 2.51. The van der Waals surface area contributed by atoms with Crippen LogP contribution >= 0.6 is 0 Å². The SMILES string of the molecule is CC(C)(C)S(=O)(=O)c1ccc(-c2ccc(C(=O)O)cc2CO)cn1. The molecule has 6 nitrogen and oxygen atoms in total. The van der Waals surface area contributed by atoms with Gasteiger partial charge in [-0.1, -0.05) is 6.07 Å². The predicted molar refractivity (Wildman–Crippen MR) is 89.5 cm³/mol. The Bertz CT molecular complexity index is 865. The molecule has 2 rings (SSSR count). The lowest BCUT2D eigenvalue weighted by Crippen LogP contribution is -2.28. The van der Waals surface area contributed by atoms with Crippen LogP contribution in [-0.2, 0) is 16.4 Å². The highest BCUT2D eigenvalue weighted by atomic mass is 32.2. The summed E-state index contributed by atoms with van der Waals surface area (Å²) in [5.74, 6) is -1.08. The Morgan fingerprint density at radius 2 is 1.83 bits per heavy atom. The van der Waals surface area contributed by atoms with Crippen LogP contribution in [-0.4, -0.2) is 34.3 Å². The van der Waals surface area contributed by atoms with Crippen molar-refractivity contribution in [1.82, 2.24) is 4.98 Å². The zero-order valence-electron chi connectivity index (χ0n) is 13.6. The van der Waals surface area contributed by atoms with Gasteiger partial charge < -0.3 is 10.2 Å². The lowest BCUT2D eigenvalue weighted by Gasteiger charge is -2.18. The molecule has 24 heavy (non-hydrogen) atoms. The third-order valence-electron chi connectivity index (χ3n) is 3.65. The topological polar surface area (TPSA) is 105 Å². The number of carbonyl (C=O) groups is 1. The van der Waals surface area contributed by atoms with Crippen molar-refractivity contribution in [1.29, 1.82) is 0 Å². The van der Waals surface area contributed by atoms with Crippen LogP contribution in [0.25, 0.3) is 11.1 Å². The molecule has 1 aromatic carbocycles. The smallest absolute Gasteiger partial charge is 0.335 e. The summed E-state index contributed by atoms with van der Waals surface area (Å²) in [5.41, 5.74) is 1.71. The molecular formula is C17H19NO5S. The monoisotopic (exact) mass is 349 g/mol. The van der Waals surface area contributed by atoms with E-state index in [-0.39, 0.29) is 17.2 Å². The minimum Gasteiger partial charge on any atom is -0.478 e. The average molecular weight is 349 g/mol. The summed E-state index contributed by atoms with van der Waals surface area (Å²) in [7, 11) is -3.55. The number of rotatable bonds is 4. The minimum atomic E-state index is -3.55. The maximum Gasteiger partial charge on any atom is 0.335 e. The maximum absolute atomic E-state index is 12.4. The van der Waals surface area contributed by atoms with Crippen molar-refractivity contribution in [3.05, 3.63) is 47.7 Å². The fourth-order valence-corrected chi connectivity index (χ4v) is 3.22. The van der Waals surface area contributed by atoms with Gasteiger partial charge in [0, 0.05) is 11.8 Å². The zero-order chi connectivity index (χ0) is 18.1. The van der Waals surface area contributed by atoms with E-state index < -0.39 is 20.6 Å². The number of carboxylic acid groups (broad SMARTS) is 1. The quantitative estimate of drug-likeness (QED) is 0.879. The number of benzene rings is 1. The summed E-state index contributed by atoms with van der Waals surface area (Å²) in [6, 6.07) is 7.40. The van der Waals surface area contributed by atoms with E-state index >= 15 is 0 Å². The number of pyridine rings is 1. The number of aromatic carboxylic acids is 1. The van der Waals surface area contributed by atoms with Crippen molar-refractivity contribution in [3.63, 3.8) is 0 Å². The molecule has 0 radical (unpaired) electrons. The molecule has 0 aliphatic rings. The van der Waals surface area contributed by atoms with Crippen LogP contribution in [0.5, 0.6) is 0 Å². The summed E-state index contributed by atoms with van der Waals surface area (Å²) in [5, 5.41) is 18.5. The van der Waals surface area contributed by atoms with E-state index in [0.717, 1.165) is 0 Å². The zero-order valence-corrected chi connectivity index (χ0v) is 14.5. The van der Waals surface area contributed by atoms with Gasteiger partial charge in [-0.05, 0) is 56.2 Å². The Kier molecular flexibility index (Phi) is 4.77. The van der Waals surface area contributed by atoms with Crippen molar-refractivity contribution in [2.75, 3.05) is 0 Å². The van der Waals surface area contributed by atoms with Crippen molar-refractivity contribution in [3.8, 4) is 11.1 Å². The van der Waals surface area contributed by atoms with E-state index in [1.54, 1.807) is 32.9 Å². The van der Waals surface area contributed by atoms with Crippen molar-refractivity contribution >= 4 is 15.8 Å². The number of aromatic nitrogens is 1. The van der Waals surface area contributed by atoms with Gasteiger partial charge in [-0.15, -0.1) is 0 Å². The first-order valence-electron chi connectivity index (χ1n) is 7.26. The molecule has 0 amide bonds. The van der Waals surface area contributed by atoms with Crippen LogP contribution in [0.2, 0.25) is 0 Å². The third kappa shape index (κ3) is 3.32. The molecule has 128 valence electrons. The van der Waals surface area contributed by atoms with Crippen molar-refractivity contribution in [2.24, 2.45) is 0 Å². The molecule has 0 fully saturated rings. The normalized spacial score (nSPS) is 12.2. The number of aliphatic hydroxyl groups excluding tert-OH is 1. The summed E-state index contributed by atoms with van der Waals surface area (Å²) >= 11 is 0. The molecule has 0 saturated carbocycles. The average Bonchev–Trinajstić information content (AvgIpc) is 2.53. The van der Waals surface area contributed by atoms with Crippen molar-refractivity contribution < 1.29 is 23.4 Å². The fraction of sp³-hybridized carbons (Fsp3) is 0.294. The standard InChI is InChI=1S/C17H19NO5S/c1-17(2,3)24(22,23)15-7-5-12(9-18-15)14-6-4-11(16(20)21)8-13(14)10-19/h4-9,19H,10H2,1-3H3,(H,20,21). The molecule has 1 heterocycles. The van der Waals surface area contributed by atoms with Crippen molar-refractivity contribution in [2.45, 2.75) is 37.2 Å². The highest BCUT2D eigenvalue weighted by Crippen LogP contribution is 2.28. The molecule has 1 aromatic heterocycles. The molecule has 2 N–H and O–H groups in total. The Hall–Kier alpha value is -2.25. The second-order valence-electron chi connectivity index (χ2n) is 6.34. The molecule has 0 aliphatic carbocycles. The fourth-order valence-electron chi connectivity index (χ4n) is 2.15. The van der Waals surface area contributed by atoms with Gasteiger partial charge in [0.2, 0.25) is 0 Å². The van der Waals surface area contributed by atoms with Gasteiger partial charge in [-0.25, -0.2) is 18.2 Å². The van der Waals surface area contributed by atoms with Crippen LogP contribution in [0.3, 0.4) is 0 Å². The van der Waals surface area contributed by atoms with Crippen LogP contribution < -0.4 is 0 Å². The molecule has 2 aromatic rings. The van der Waals surface area contributed by atoms with Gasteiger partial charge in [0.05, 0.1) is 16.9 Å². The van der Waals surface area contributed by atoms with E-state index in [0.29, 0.717) is 16.7 Å². The van der Waals surface area contributed by atoms with Crippen LogP contribution in [0.15, 0.2) is 41.6 Å². The van der Waals surface area contributed by atoms with Crippen LogP contribution in [0, 0.1) is 0 Å². The lowest BCUT2D eigenvalue weighted by molar-refractivity contribution is 0.0696. The molecule has 0 bridgehead atoms. The maximum atomic E-state index is 12.4. The highest BCUT2D eigenvalue weighted by Gasteiger charge is 2.32. The Morgan fingerprint density at radius 1 is 1.17 bits per heavy atom. The lowest BCUT2D eigenvalue weighted by atomic mass is 9.99. The molecule has 7 heteroatoms. The second kappa shape index (κ2) is 6.33. The first kappa shape index (κ1) is 18.1. The Morgan fingerprint density at radius 3 is 2.29 bits per heavy atom. The number of aliphatic hydroxyl groups is 1. The van der Waals surface area contributed by atoms with E-state index in [9.17, 15) is 18.3 Å². The van der Waals surface area contributed by atoms with Gasteiger partial charge in [0.1, 0.15) is 0 Å². The van der Waals surface area contributed by atoms with Gasteiger partial charge in [0.15, 0.2) is 14.9 Å². The summed E-state index contributed by atoms with van der Waals surface area (Å²) in [6.07, 6.45) is 1.41. The second-order valence-corrected chi connectivity index (χ2v) is 8.99. The summed E-state index contributed by atoms with van der Waals surface area (Å²) in [6.45, 7) is 4.48. The van der Waals surface area contributed by atoms with E-state index in [1.807, 2.05) is 0 Å². The van der Waals surface area contributed by atoms with Gasteiger partial charge >= 0.3 is 5.97 Å². The highest BCUT2D eigenvalue weighted by molar-refractivity contribution is 7.92. The summed E-state index contributed by atoms with van der Waals surface area (Å²) < 4.78 is 23.8. The van der Waals surface area contributed by atoms with E-state index in [1.165, 1.54) is 24.4 Å². The number of hydrogen-bond acceptors (Lipinski definition) is 5. The van der Waals surface area contributed by atoms with Crippen LogP contribution in [0.1, 0.15) is 36.7 Å². The first-order chi connectivity index (χ1) is 11.1. The number of hydrogen-bond donors (Lipinski definition) is 2. The number of nitrogens with zero attached hydrogens (tertiary/aromatic N) is 1. The Balaban J connectivity index is 2.47. The van der Waals surface area contributed by atoms with Gasteiger partial charge in [0.25, 0.3) is 0 Å². The van der Waals surface area contributed by atoms with Crippen LogP contribution in [0.4, 0.5) is 0 Å². The molecular weight excluding hydrogens is 330 g/mol. The molecule has 0 unspecified atom stereocenters.